The maximum absolute atomic E-state index is 8.89. The monoisotopic (exact) mass is 354 g/mol. The highest BCUT2D eigenvalue weighted by Crippen LogP contribution is 2.49. The van der Waals surface area contributed by atoms with Crippen molar-refractivity contribution < 1.29 is 4.74 Å². The summed E-state index contributed by atoms with van der Waals surface area (Å²) in [5.41, 5.74) is 0.609. The quantitative estimate of drug-likeness (QED) is 0.627. The minimum atomic E-state index is -0.116. The van der Waals surface area contributed by atoms with Gasteiger partial charge in [-0.25, -0.2) is 9.50 Å². The Labute approximate surface area is 118 Å². The summed E-state index contributed by atoms with van der Waals surface area (Å²) < 4.78 is 8.06. The predicted octanol–water partition coefficient (Wildman–Crippen LogP) is 2.29. The summed E-state index contributed by atoms with van der Waals surface area (Å²) in [6.45, 7) is 0. The first-order valence-corrected chi connectivity index (χ1v) is 6.75. The van der Waals surface area contributed by atoms with E-state index in [-0.39, 0.29) is 5.41 Å². The molecule has 0 atom stereocenters. The zero-order valence-electron chi connectivity index (χ0n) is 9.85. The molecular formula is C12H11IN4O. The van der Waals surface area contributed by atoms with Crippen molar-refractivity contribution in [1.29, 1.82) is 5.26 Å². The number of rotatable bonds is 3. The first kappa shape index (κ1) is 11.7. The van der Waals surface area contributed by atoms with Crippen LogP contribution in [0.5, 0.6) is 5.75 Å². The second-order valence-corrected chi connectivity index (χ2v) is 5.62. The van der Waals surface area contributed by atoms with E-state index in [4.69, 9.17) is 10.00 Å². The van der Waals surface area contributed by atoms with E-state index in [1.165, 1.54) is 0 Å². The van der Waals surface area contributed by atoms with E-state index < -0.39 is 0 Å². The van der Waals surface area contributed by atoms with Crippen LogP contribution in [0.3, 0.4) is 0 Å². The van der Waals surface area contributed by atoms with Crippen LogP contribution in [-0.4, -0.2) is 21.7 Å². The lowest BCUT2D eigenvalue weighted by Gasteiger charge is -2.02. The molecule has 0 radical (unpaired) electrons. The molecule has 1 aliphatic rings. The fourth-order valence-electron chi connectivity index (χ4n) is 2.08. The van der Waals surface area contributed by atoms with Gasteiger partial charge in [0.2, 0.25) is 0 Å². The average molecular weight is 354 g/mol. The first-order chi connectivity index (χ1) is 8.70. The molecule has 6 heteroatoms. The average Bonchev–Trinajstić information content (AvgIpc) is 3.00. The Morgan fingerprint density at radius 1 is 1.56 bits per heavy atom. The Bertz CT molecular complexity index is 654. The highest BCUT2D eigenvalue weighted by Gasteiger charge is 2.48. The number of hydrogen-bond acceptors (Lipinski definition) is 4. The number of methoxy groups -OCH3 is 1. The van der Waals surface area contributed by atoms with Crippen LogP contribution in [0.1, 0.15) is 25.1 Å². The molecular weight excluding hydrogens is 343 g/mol. The maximum Gasteiger partial charge on any atom is 0.199 e. The topological polar surface area (TPSA) is 63.2 Å². The van der Waals surface area contributed by atoms with Gasteiger partial charge < -0.3 is 4.74 Å². The molecule has 0 aromatic carbocycles. The highest BCUT2D eigenvalue weighted by molar-refractivity contribution is 14.1. The van der Waals surface area contributed by atoms with Gasteiger partial charge in [-0.2, -0.15) is 5.26 Å². The van der Waals surface area contributed by atoms with Crippen LogP contribution in [0.25, 0.3) is 5.65 Å². The van der Waals surface area contributed by atoms with Gasteiger partial charge in [-0.15, -0.1) is 5.10 Å². The van der Waals surface area contributed by atoms with Gasteiger partial charge in [0.15, 0.2) is 17.2 Å². The van der Waals surface area contributed by atoms with Gasteiger partial charge in [0.25, 0.3) is 0 Å². The molecule has 2 heterocycles. The molecule has 1 saturated carbocycles. The van der Waals surface area contributed by atoms with E-state index in [2.05, 4.69) is 38.7 Å². The van der Waals surface area contributed by atoms with E-state index in [0.717, 1.165) is 28.0 Å². The molecule has 2 aromatic rings. The number of fused-ring (bicyclic) bond motifs is 1. The lowest BCUT2D eigenvalue weighted by atomic mass is 10.0. The number of hydrogen-bond donors (Lipinski definition) is 0. The zero-order valence-corrected chi connectivity index (χ0v) is 12.0. The second-order valence-electron chi connectivity index (χ2n) is 4.51. The van der Waals surface area contributed by atoms with Gasteiger partial charge in [-0.3, -0.25) is 0 Å². The van der Waals surface area contributed by atoms with Crippen LogP contribution >= 0.6 is 22.6 Å². The molecule has 92 valence electrons. The summed E-state index contributed by atoms with van der Waals surface area (Å²) in [6, 6.07) is 6.06. The molecule has 3 rings (SSSR count). The van der Waals surface area contributed by atoms with Gasteiger partial charge in [-0.1, -0.05) is 0 Å². The fraction of sp³-hybridized carbons (Fsp3) is 0.417. The smallest absolute Gasteiger partial charge is 0.199 e. The number of nitrogens with zero attached hydrogens (tertiary/aromatic N) is 4. The molecule has 0 saturated heterocycles. The van der Waals surface area contributed by atoms with E-state index in [9.17, 15) is 0 Å². The van der Waals surface area contributed by atoms with Gasteiger partial charge in [0.1, 0.15) is 3.70 Å². The maximum atomic E-state index is 8.89. The largest absolute Gasteiger partial charge is 0.493 e. The first-order valence-electron chi connectivity index (χ1n) is 5.67. The van der Waals surface area contributed by atoms with E-state index >= 15 is 0 Å². The van der Waals surface area contributed by atoms with Crippen molar-refractivity contribution in [3.63, 3.8) is 0 Å². The van der Waals surface area contributed by atoms with Gasteiger partial charge >= 0.3 is 0 Å². The van der Waals surface area contributed by atoms with Crippen molar-refractivity contribution in [2.75, 3.05) is 7.11 Å². The van der Waals surface area contributed by atoms with Crippen LogP contribution in [0.15, 0.2) is 12.1 Å². The van der Waals surface area contributed by atoms with Crippen molar-refractivity contribution in [3.8, 4) is 11.8 Å². The summed E-state index contributed by atoms with van der Waals surface area (Å²) in [5, 5.41) is 13.4. The van der Waals surface area contributed by atoms with E-state index in [1.54, 1.807) is 11.6 Å². The molecule has 2 aromatic heterocycles. The third-order valence-corrected chi connectivity index (χ3v) is 4.18. The van der Waals surface area contributed by atoms with Crippen molar-refractivity contribution in [2.45, 2.75) is 24.7 Å². The summed E-state index contributed by atoms with van der Waals surface area (Å²) in [4.78, 5) is 4.57. The normalized spacial score (nSPS) is 16.5. The van der Waals surface area contributed by atoms with Gasteiger partial charge in [0.05, 0.1) is 13.2 Å². The highest BCUT2D eigenvalue weighted by atomic mass is 127. The Balaban J connectivity index is 2.17. The van der Waals surface area contributed by atoms with Crippen LogP contribution in [-0.2, 0) is 5.41 Å². The Hall–Kier alpha value is -1.36. The Kier molecular flexibility index (Phi) is 2.66. The van der Waals surface area contributed by atoms with Crippen LogP contribution in [0.2, 0.25) is 0 Å². The summed E-state index contributed by atoms with van der Waals surface area (Å²) in [6.07, 6.45) is 2.48. The van der Waals surface area contributed by atoms with Gasteiger partial charge in [0, 0.05) is 11.8 Å². The minimum Gasteiger partial charge on any atom is -0.493 e. The molecule has 1 aliphatic carbocycles. The minimum absolute atomic E-state index is 0.116. The molecule has 0 amide bonds. The number of nitriles is 1. The standard InChI is InChI=1S/C12H11IN4O/c1-18-8-2-3-9(13)17-10(8)15-11(16-17)12(4-5-12)6-7-14/h2-3H,4-6H2,1H3. The zero-order chi connectivity index (χ0) is 12.8. The lowest BCUT2D eigenvalue weighted by molar-refractivity contribution is 0.416. The van der Waals surface area contributed by atoms with Crippen LogP contribution in [0, 0.1) is 15.0 Å². The Morgan fingerprint density at radius 3 is 2.94 bits per heavy atom. The lowest BCUT2D eigenvalue weighted by Crippen LogP contribution is -2.08. The molecule has 18 heavy (non-hydrogen) atoms. The fourth-order valence-corrected chi connectivity index (χ4v) is 2.59. The molecule has 0 unspecified atom stereocenters. The summed E-state index contributed by atoms with van der Waals surface area (Å²) >= 11 is 2.21. The van der Waals surface area contributed by atoms with Crippen molar-refractivity contribution >= 4 is 28.2 Å². The van der Waals surface area contributed by atoms with Crippen molar-refractivity contribution in [3.05, 3.63) is 21.7 Å². The van der Waals surface area contributed by atoms with Crippen molar-refractivity contribution in [2.24, 2.45) is 0 Å². The number of halogens is 1. The molecule has 0 spiro atoms. The SMILES string of the molecule is COc1ccc(I)n2nc(C3(CC#N)CC3)nc12. The molecule has 1 fully saturated rings. The Morgan fingerprint density at radius 2 is 2.33 bits per heavy atom. The molecule has 5 nitrogen and oxygen atoms in total. The van der Waals surface area contributed by atoms with E-state index in [1.807, 2.05) is 12.1 Å². The third kappa shape index (κ3) is 1.65. The summed E-state index contributed by atoms with van der Waals surface area (Å²) in [5.74, 6) is 1.48. The van der Waals surface area contributed by atoms with Crippen LogP contribution < -0.4 is 4.74 Å². The predicted molar refractivity (Wildman–Crippen MR) is 73.4 cm³/mol. The van der Waals surface area contributed by atoms with Crippen LogP contribution in [0.4, 0.5) is 0 Å². The van der Waals surface area contributed by atoms with Crippen molar-refractivity contribution in [1.82, 2.24) is 14.6 Å². The number of aromatic nitrogens is 3. The second kappa shape index (κ2) is 4.09. The summed E-state index contributed by atoms with van der Waals surface area (Å²) in [7, 11) is 1.62. The number of pyridine rings is 1. The number of ether oxygens (including phenoxy) is 1. The molecule has 0 bridgehead atoms. The third-order valence-electron chi connectivity index (χ3n) is 3.37. The van der Waals surface area contributed by atoms with E-state index in [0.29, 0.717) is 12.2 Å². The van der Waals surface area contributed by atoms with Gasteiger partial charge in [-0.05, 0) is 47.6 Å². The molecule has 0 N–H and O–H groups in total. The molecule has 0 aliphatic heterocycles.